The van der Waals surface area contributed by atoms with Crippen LogP contribution in [-0.4, -0.2) is 52.4 Å². The van der Waals surface area contributed by atoms with E-state index in [1.807, 2.05) is 35.2 Å². The SMILES string of the molecule is CC(C)C(c1nc2ccccc2n1Cc1ccccc1)N(CCCN(C)C)C(=O)c1ccc(Cl)cc1. The van der Waals surface area contributed by atoms with Crippen molar-refractivity contribution in [3.8, 4) is 0 Å². The minimum Gasteiger partial charge on any atom is -0.328 e. The summed E-state index contributed by atoms with van der Waals surface area (Å²) in [4.78, 5) is 23.3. The van der Waals surface area contributed by atoms with Gasteiger partial charge in [-0.05, 0) is 74.9 Å². The van der Waals surface area contributed by atoms with E-state index in [4.69, 9.17) is 16.6 Å². The number of carbonyl (C=O) groups is 1. The Morgan fingerprint density at radius 2 is 1.58 bits per heavy atom. The summed E-state index contributed by atoms with van der Waals surface area (Å²) >= 11 is 6.12. The zero-order valence-corrected chi connectivity index (χ0v) is 22.3. The van der Waals surface area contributed by atoms with Gasteiger partial charge in [-0.3, -0.25) is 4.79 Å². The number of aromatic nitrogens is 2. The molecule has 1 amide bonds. The summed E-state index contributed by atoms with van der Waals surface area (Å²) in [6.45, 7) is 6.57. The monoisotopic (exact) mass is 502 g/mol. The number of imidazole rings is 1. The molecule has 0 saturated heterocycles. The van der Waals surface area contributed by atoms with Crippen LogP contribution in [0.15, 0.2) is 78.9 Å². The van der Waals surface area contributed by atoms with Gasteiger partial charge in [0, 0.05) is 23.7 Å². The number of benzene rings is 3. The first kappa shape index (κ1) is 25.9. The van der Waals surface area contributed by atoms with Gasteiger partial charge in [-0.2, -0.15) is 0 Å². The molecule has 0 radical (unpaired) electrons. The minimum atomic E-state index is -0.188. The van der Waals surface area contributed by atoms with Gasteiger partial charge in [0.2, 0.25) is 0 Å². The number of para-hydroxylation sites is 2. The molecule has 0 saturated carbocycles. The fourth-order valence-corrected chi connectivity index (χ4v) is 4.86. The van der Waals surface area contributed by atoms with Gasteiger partial charge >= 0.3 is 0 Å². The van der Waals surface area contributed by atoms with E-state index in [0.29, 0.717) is 23.7 Å². The number of rotatable bonds is 10. The van der Waals surface area contributed by atoms with Crippen LogP contribution in [0.3, 0.4) is 0 Å². The lowest BCUT2D eigenvalue weighted by Gasteiger charge is -2.35. The number of halogens is 1. The minimum absolute atomic E-state index is 0.00226. The normalized spacial score (nSPS) is 12.4. The summed E-state index contributed by atoms with van der Waals surface area (Å²) in [7, 11) is 4.12. The molecule has 0 aliphatic rings. The van der Waals surface area contributed by atoms with Crippen LogP contribution in [-0.2, 0) is 6.54 Å². The molecular weight excluding hydrogens is 468 g/mol. The number of amides is 1. The zero-order valence-electron chi connectivity index (χ0n) is 21.6. The van der Waals surface area contributed by atoms with Crippen LogP contribution in [0.1, 0.15) is 48.1 Å². The van der Waals surface area contributed by atoms with Crippen LogP contribution in [0.25, 0.3) is 11.0 Å². The van der Waals surface area contributed by atoms with E-state index in [1.165, 1.54) is 5.56 Å². The van der Waals surface area contributed by atoms with Crippen molar-refractivity contribution in [3.63, 3.8) is 0 Å². The molecule has 4 rings (SSSR count). The van der Waals surface area contributed by atoms with E-state index in [2.05, 4.69) is 73.8 Å². The molecule has 1 atom stereocenters. The zero-order chi connectivity index (χ0) is 25.7. The molecule has 1 heterocycles. The molecule has 6 heteroatoms. The fraction of sp³-hybridized carbons (Fsp3) is 0.333. The Bertz CT molecular complexity index is 1280. The number of fused-ring (bicyclic) bond motifs is 1. The molecule has 0 N–H and O–H groups in total. The average Bonchev–Trinajstić information content (AvgIpc) is 3.21. The number of nitrogens with zero attached hydrogens (tertiary/aromatic N) is 4. The van der Waals surface area contributed by atoms with Crippen molar-refractivity contribution in [2.75, 3.05) is 27.2 Å². The summed E-state index contributed by atoms with van der Waals surface area (Å²) in [6, 6.07) is 25.7. The highest BCUT2D eigenvalue weighted by molar-refractivity contribution is 6.30. The largest absolute Gasteiger partial charge is 0.328 e. The molecule has 5 nitrogen and oxygen atoms in total. The number of carbonyl (C=O) groups excluding carboxylic acids is 1. The van der Waals surface area contributed by atoms with Crippen LogP contribution in [0.5, 0.6) is 0 Å². The van der Waals surface area contributed by atoms with E-state index < -0.39 is 0 Å². The lowest BCUT2D eigenvalue weighted by atomic mass is 9.99. The Balaban J connectivity index is 1.81. The molecule has 1 unspecified atom stereocenters. The average molecular weight is 503 g/mol. The van der Waals surface area contributed by atoms with Crippen LogP contribution in [0.4, 0.5) is 0 Å². The van der Waals surface area contributed by atoms with Crippen molar-refractivity contribution in [1.29, 1.82) is 0 Å². The molecule has 0 bridgehead atoms. The summed E-state index contributed by atoms with van der Waals surface area (Å²) in [5.41, 5.74) is 3.86. The highest BCUT2D eigenvalue weighted by Crippen LogP contribution is 2.33. The van der Waals surface area contributed by atoms with Crippen LogP contribution in [0.2, 0.25) is 5.02 Å². The molecule has 0 fully saturated rings. The second kappa shape index (κ2) is 11.7. The predicted octanol–water partition coefficient (Wildman–Crippen LogP) is 6.53. The van der Waals surface area contributed by atoms with Crippen molar-refractivity contribution >= 4 is 28.5 Å². The maximum absolute atomic E-state index is 14.0. The second-order valence-corrected chi connectivity index (χ2v) is 10.3. The third-order valence-electron chi connectivity index (χ3n) is 6.46. The van der Waals surface area contributed by atoms with Crippen LogP contribution >= 0.6 is 11.6 Å². The van der Waals surface area contributed by atoms with Gasteiger partial charge < -0.3 is 14.4 Å². The van der Waals surface area contributed by atoms with Gasteiger partial charge in [0.25, 0.3) is 5.91 Å². The summed E-state index contributed by atoms with van der Waals surface area (Å²) in [6.07, 6.45) is 0.870. The number of hydrogen-bond donors (Lipinski definition) is 0. The summed E-state index contributed by atoms with van der Waals surface area (Å²) < 4.78 is 2.28. The second-order valence-electron chi connectivity index (χ2n) is 9.88. The Morgan fingerprint density at radius 3 is 2.25 bits per heavy atom. The molecule has 4 aromatic rings. The molecule has 0 spiro atoms. The molecular formula is C30H35ClN4O. The highest BCUT2D eigenvalue weighted by Gasteiger charge is 2.32. The maximum Gasteiger partial charge on any atom is 0.254 e. The Hall–Kier alpha value is -3.15. The number of hydrogen-bond acceptors (Lipinski definition) is 3. The van der Waals surface area contributed by atoms with E-state index in [-0.39, 0.29) is 17.9 Å². The van der Waals surface area contributed by atoms with Gasteiger partial charge in [0.1, 0.15) is 5.82 Å². The molecule has 0 aliphatic heterocycles. The van der Waals surface area contributed by atoms with Gasteiger partial charge in [-0.15, -0.1) is 0 Å². The highest BCUT2D eigenvalue weighted by atomic mass is 35.5. The topological polar surface area (TPSA) is 41.4 Å². The van der Waals surface area contributed by atoms with Crippen molar-refractivity contribution in [2.24, 2.45) is 5.92 Å². The van der Waals surface area contributed by atoms with Gasteiger partial charge in [-0.25, -0.2) is 4.98 Å². The maximum atomic E-state index is 14.0. The van der Waals surface area contributed by atoms with Crippen molar-refractivity contribution in [2.45, 2.75) is 32.9 Å². The van der Waals surface area contributed by atoms with E-state index in [1.54, 1.807) is 12.1 Å². The Kier molecular flexibility index (Phi) is 8.44. The molecule has 188 valence electrons. The van der Waals surface area contributed by atoms with E-state index >= 15 is 0 Å². The lowest BCUT2D eigenvalue weighted by molar-refractivity contribution is 0.0598. The van der Waals surface area contributed by atoms with Crippen molar-refractivity contribution in [3.05, 3.63) is 101 Å². The Labute approximate surface area is 219 Å². The summed E-state index contributed by atoms with van der Waals surface area (Å²) in [5.74, 6) is 1.08. The van der Waals surface area contributed by atoms with Crippen LogP contribution in [0, 0.1) is 5.92 Å². The lowest BCUT2D eigenvalue weighted by Crippen LogP contribution is -2.40. The smallest absolute Gasteiger partial charge is 0.254 e. The Morgan fingerprint density at radius 1 is 0.917 bits per heavy atom. The van der Waals surface area contributed by atoms with Crippen molar-refractivity contribution < 1.29 is 4.79 Å². The summed E-state index contributed by atoms with van der Waals surface area (Å²) in [5, 5.41) is 0.621. The quantitative estimate of drug-likeness (QED) is 0.247. The van der Waals surface area contributed by atoms with Crippen molar-refractivity contribution in [1.82, 2.24) is 19.4 Å². The molecule has 3 aromatic carbocycles. The first-order valence-electron chi connectivity index (χ1n) is 12.6. The van der Waals surface area contributed by atoms with E-state index in [9.17, 15) is 4.79 Å². The predicted molar refractivity (Wildman–Crippen MR) is 149 cm³/mol. The first-order chi connectivity index (χ1) is 17.3. The van der Waals surface area contributed by atoms with Gasteiger partial charge in [0.05, 0.1) is 17.1 Å². The standard InChI is InChI=1S/C30H35ClN4O/c1-22(2)28(34(20-10-19-33(3)4)30(36)24-15-17-25(31)18-16-24)29-32-26-13-8-9-14-27(26)35(29)21-23-11-6-5-7-12-23/h5-9,11-18,22,28H,10,19-21H2,1-4H3. The molecule has 0 aliphatic carbocycles. The molecule has 1 aromatic heterocycles. The van der Waals surface area contributed by atoms with E-state index in [0.717, 1.165) is 29.8 Å². The third-order valence-corrected chi connectivity index (χ3v) is 6.71. The van der Waals surface area contributed by atoms with Gasteiger partial charge in [-0.1, -0.05) is 67.9 Å². The first-order valence-corrected chi connectivity index (χ1v) is 12.9. The third kappa shape index (κ3) is 5.97. The van der Waals surface area contributed by atoms with Crippen LogP contribution < -0.4 is 0 Å². The van der Waals surface area contributed by atoms with Gasteiger partial charge in [0.15, 0.2) is 0 Å². The fourth-order valence-electron chi connectivity index (χ4n) is 4.73. The molecule has 36 heavy (non-hydrogen) atoms.